The maximum absolute atomic E-state index is 13.6. The van der Waals surface area contributed by atoms with Crippen LogP contribution in [0.1, 0.15) is 28.8 Å². The number of carboxylic acid groups (broad SMARTS) is 1. The van der Waals surface area contributed by atoms with Crippen LogP contribution in [-0.2, 0) is 27.8 Å². The first-order valence-corrected chi connectivity index (χ1v) is 15.5. The first kappa shape index (κ1) is 28.4. The molecule has 5 N–H and O–H groups in total. The maximum Gasteiger partial charge on any atom is 0.324 e. The lowest BCUT2D eigenvalue weighted by atomic mass is 9.99. The molecule has 1 aromatic heterocycles. The molecular formula is C28H32N6O5S2. The Kier molecular flexibility index (Phi) is 8.18. The Morgan fingerprint density at radius 1 is 1.05 bits per heavy atom. The van der Waals surface area contributed by atoms with E-state index < -0.39 is 22.5 Å². The third-order valence-corrected chi connectivity index (χ3v) is 10.0. The van der Waals surface area contributed by atoms with Gasteiger partial charge in [0, 0.05) is 39.0 Å². The van der Waals surface area contributed by atoms with Crippen molar-refractivity contribution in [2.45, 2.75) is 36.8 Å². The zero-order valence-corrected chi connectivity index (χ0v) is 24.0. The normalized spacial score (nSPS) is 15.7. The van der Waals surface area contributed by atoms with Crippen molar-refractivity contribution in [1.82, 2.24) is 9.80 Å². The average molecular weight is 597 g/mol. The SMILES string of the molecule is N=C(N)N1CCc2ccc(N(CC(=O)O)S(=O)(=O)c3ccc(OC4CCN(C(=N)c5cccs5)CC4)cc3)cc2C1. The van der Waals surface area contributed by atoms with Crippen LogP contribution in [0.4, 0.5) is 5.69 Å². The zero-order chi connectivity index (χ0) is 29.1. The number of amidine groups is 1. The summed E-state index contributed by atoms with van der Waals surface area (Å²) in [6.07, 6.45) is 2.07. The number of piperidine rings is 1. The fourth-order valence-corrected chi connectivity index (χ4v) is 7.23. The minimum atomic E-state index is -4.21. The Hall–Kier alpha value is -4.10. The van der Waals surface area contributed by atoms with Crippen molar-refractivity contribution in [2.75, 3.05) is 30.5 Å². The van der Waals surface area contributed by atoms with Crippen LogP contribution in [0.25, 0.3) is 0 Å². The number of carboxylic acids is 1. The molecule has 0 saturated carbocycles. The third-order valence-electron chi connectivity index (χ3n) is 7.34. The summed E-state index contributed by atoms with van der Waals surface area (Å²) in [7, 11) is -4.21. The monoisotopic (exact) mass is 596 g/mol. The summed E-state index contributed by atoms with van der Waals surface area (Å²) in [5.41, 5.74) is 7.69. The molecule has 0 bridgehead atoms. The number of hydrogen-bond acceptors (Lipinski definition) is 7. The summed E-state index contributed by atoms with van der Waals surface area (Å²) in [6.45, 7) is 1.59. The highest BCUT2D eigenvalue weighted by atomic mass is 32.2. The van der Waals surface area contributed by atoms with Gasteiger partial charge in [-0.15, -0.1) is 11.3 Å². The van der Waals surface area contributed by atoms with Crippen LogP contribution < -0.4 is 14.8 Å². The number of nitrogens with zero attached hydrogens (tertiary/aromatic N) is 3. The number of carbonyl (C=O) groups is 1. The van der Waals surface area contributed by atoms with Crippen LogP contribution in [0.15, 0.2) is 64.9 Å². The van der Waals surface area contributed by atoms with Crippen molar-refractivity contribution in [2.24, 2.45) is 5.73 Å². The molecule has 5 rings (SSSR count). The van der Waals surface area contributed by atoms with Crippen molar-refractivity contribution in [1.29, 1.82) is 10.8 Å². The fourth-order valence-electron chi connectivity index (χ4n) is 5.12. The van der Waals surface area contributed by atoms with E-state index in [0.29, 0.717) is 44.2 Å². The summed E-state index contributed by atoms with van der Waals surface area (Å²) in [4.78, 5) is 16.3. The van der Waals surface area contributed by atoms with Crippen molar-refractivity contribution in [3.05, 3.63) is 76.0 Å². The molecule has 13 heteroatoms. The summed E-state index contributed by atoms with van der Waals surface area (Å²) in [5, 5.41) is 27.6. The van der Waals surface area contributed by atoms with Crippen LogP contribution >= 0.6 is 11.3 Å². The van der Waals surface area contributed by atoms with Gasteiger partial charge >= 0.3 is 5.97 Å². The van der Waals surface area contributed by atoms with E-state index in [1.54, 1.807) is 46.6 Å². The van der Waals surface area contributed by atoms with Crippen LogP contribution in [0.3, 0.4) is 0 Å². The second-order valence-electron chi connectivity index (χ2n) is 10.0. The number of nitrogens with two attached hydrogens (primary N) is 1. The lowest BCUT2D eigenvalue weighted by molar-refractivity contribution is -0.135. The molecule has 3 aromatic rings. The number of fused-ring (bicyclic) bond motifs is 1. The number of nitrogens with one attached hydrogen (secondary N) is 2. The van der Waals surface area contributed by atoms with E-state index in [1.165, 1.54) is 12.1 Å². The fraction of sp³-hybridized carbons (Fsp3) is 0.321. The standard InChI is InChI=1S/C28H32N6O5S2/c29-27(25-2-1-15-40-25)32-13-10-23(11-14-32)39-22-5-7-24(8-6-22)41(37,38)34(18-26(35)36)21-4-3-19-9-12-33(28(30)31)17-20(19)16-21/h1-8,15-16,23,29H,9-14,17-18H2,(H3,30,31)(H,35,36). The summed E-state index contributed by atoms with van der Waals surface area (Å²) >= 11 is 1.55. The Morgan fingerprint density at radius 2 is 1.78 bits per heavy atom. The van der Waals surface area contributed by atoms with Crippen LogP contribution in [-0.4, -0.2) is 73.4 Å². The molecule has 0 radical (unpaired) electrons. The molecule has 1 saturated heterocycles. The number of sulfonamides is 1. The average Bonchev–Trinajstić information content (AvgIpc) is 3.51. The number of hydrogen-bond donors (Lipinski definition) is 4. The van der Waals surface area contributed by atoms with Gasteiger partial charge in [0.15, 0.2) is 5.96 Å². The first-order chi connectivity index (χ1) is 19.6. The van der Waals surface area contributed by atoms with Crippen LogP contribution in [0.2, 0.25) is 0 Å². The smallest absolute Gasteiger partial charge is 0.324 e. The topological polar surface area (TPSA) is 164 Å². The molecule has 0 aliphatic carbocycles. The lowest BCUT2D eigenvalue weighted by Gasteiger charge is -2.33. The van der Waals surface area contributed by atoms with Crippen molar-refractivity contribution in [3.63, 3.8) is 0 Å². The summed E-state index contributed by atoms with van der Waals surface area (Å²) in [5.74, 6) is -0.301. The molecule has 2 aromatic carbocycles. The van der Waals surface area contributed by atoms with E-state index in [-0.39, 0.29) is 22.6 Å². The number of thiophene rings is 1. The molecule has 2 aliphatic heterocycles. The van der Waals surface area contributed by atoms with Gasteiger partial charge in [-0.1, -0.05) is 12.1 Å². The molecule has 0 atom stereocenters. The van der Waals surface area contributed by atoms with Gasteiger partial charge in [-0.25, -0.2) is 8.42 Å². The number of rotatable bonds is 8. The molecule has 2 aliphatic rings. The Balaban J connectivity index is 1.28. The Bertz CT molecular complexity index is 1530. The van der Waals surface area contributed by atoms with E-state index >= 15 is 0 Å². The highest BCUT2D eigenvalue weighted by molar-refractivity contribution is 7.92. The predicted octanol–water partition coefficient (Wildman–Crippen LogP) is 3.15. The Labute approximate surface area is 242 Å². The van der Waals surface area contributed by atoms with Crippen molar-refractivity contribution >= 4 is 44.8 Å². The van der Waals surface area contributed by atoms with Crippen molar-refractivity contribution in [3.8, 4) is 5.75 Å². The number of guanidine groups is 1. The minimum Gasteiger partial charge on any atom is -0.490 e. The Morgan fingerprint density at radius 3 is 2.41 bits per heavy atom. The summed E-state index contributed by atoms with van der Waals surface area (Å²) in [6, 6.07) is 15.0. The molecule has 0 amide bonds. The van der Waals surface area contributed by atoms with Gasteiger partial charge in [0.2, 0.25) is 0 Å². The van der Waals surface area contributed by atoms with Crippen molar-refractivity contribution < 1.29 is 23.1 Å². The zero-order valence-electron chi connectivity index (χ0n) is 22.3. The highest BCUT2D eigenvalue weighted by Crippen LogP contribution is 2.30. The van der Waals surface area contributed by atoms with Gasteiger partial charge in [0.1, 0.15) is 24.2 Å². The highest BCUT2D eigenvalue weighted by Gasteiger charge is 2.29. The molecule has 1 fully saturated rings. The summed E-state index contributed by atoms with van der Waals surface area (Å²) < 4.78 is 34.3. The third kappa shape index (κ3) is 6.30. The quantitative estimate of drug-likeness (QED) is 0.228. The first-order valence-electron chi connectivity index (χ1n) is 13.2. The number of anilines is 1. The molecular weight excluding hydrogens is 564 g/mol. The number of ether oxygens (including phenoxy) is 1. The lowest BCUT2D eigenvalue weighted by Crippen LogP contribution is -2.41. The molecule has 0 unspecified atom stereocenters. The van der Waals surface area contributed by atoms with Gasteiger partial charge in [-0.3, -0.25) is 19.9 Å². The van der Waals surface area contributed by atoms with Crippen LogP contribution in [0, 0.1) is 10.8 Å². The number of benzene rings is 2. The second kappa shape index (κ2) is 11.8. The molecule has 11 nitrogen and oxygen atoms in total. The van der Waals surface area contributed by atoms with E-state index in [2.05, 4.69) is 0 Å². The van der Waals surface area contributed by atoms with E-state index in [0.717, 1.165) is 33.2 Å². The largest absolute Gasteiger partial charge is 0.490 e. The van der Waals surface area contributed by atoms with E-state index in [9.17, 15) is 18.3 Å². The molecule has 0 spiro atoms. The molecule has 41 heavy (non-hydrogen) atoms. The van der Waals surface area contributed by atoms with Gasteiger partial charge in [0.25, 0.3) is 10.0 Å². The van der Waals surface area contributed by atoms with Gasteiger partial charge in [0.05, 0.1) is 15.5 Å². The minimum absolute atomic E-state index is 0.0478. The molecule has 216 valence electrons. The van der Waals surface area contributed by atoms with E-state index in [4.69, 9.17) is 21.3 Å². The van der Waals surface area contributed by atoms with Gasteiger partial charge < -0.3 is 25.4 Å². The number of aliphatic carboxylic acids is 1. The van der Waals surface area contributed by atoms with Gasteiger partial charge in [-0.2, -0.15) is 0 Å². The number of likely N-dealkylation sites (tertiary alicyclic amines) is 1. The second-order valence-corrected chi connectivity index (χ2v) is 12.8. The van der Waals surface area contributed by atoms with Crippen LogP contribution in [0.5, 0.6) is 5.75 Å². The maximum atomic E-state index is 13.6. The van der Waals surface area contributed by atoms with Gasteiger partial charge in [-0.05, 0) is 65.4 Å². The molecule has 3 heterocycles. The predicted molar refractivity (Wildman–Crippen MR) is 157 cm³/mol. The van der Waals surface area contributed by atoms with E-state index in [1.807, 2.05) is 22.4 Å².